The van der Waals surface area contributed by atoms with Crippen molar-refractivity contribution >= 4 is 5.96 Å². The monoisotopic (exact) mass is 375 g/mol. The van der Waals surface area contributed by atoms with E-state index in [0.29, 0.717) is 19.1 Å². The molecule has 3 rings (SSSR count). The number of nitrogens with one attached hydrogen (secondary N) is 1. The summed E-state index contributed by atoms with van der Waals surface area (Å²) in [5.74, 6) is 3.38. The van der Waals surface area contributed by atoms with E-state index in [-0.39, 0.29) is 6.10 Å². The summed E-state index contributed by atoms with van der Waals surface area (Å²) in [6.45, 7) is 10.9. The van der Waals surface area contributed by atoms with Gasteiger partial charge in [0, 0.05) is 50.2 Å². The molecule has 6 nitrogen and oxygen atoms in total. The lowest BCUT2D eigenvalue weighted by molar-refractivity contribution is 0.181. The van der Waals surface area contributed by atoms with Crippen molar-refractivity contribution in [3.05, 3.63) is 23.3 Å². The first-order chi connectivity index (χ1) is 13.1. The molecule has 1 saturated heterocycles. The van der Waals surface area contributed by atoms with Crippen LogP contribution in [-0.2, 0) is 17.7 Å². The molecule has 0 radical (unpaired) electrons. The molecule has 0 aromatic heterocycles. The molecular formula is C21H33N3O3. The molecule has 0 amide bonds. The molecule has 0 spiro atoms. The van der Waals surface area contributed by atoms with E-state index in [4.69, 9.17) is 19.2 Å². The van der Waals surface area contributed by atoms with Crippen LogP contribution in [0.5, 0.6) is 11.5 Å². The third-order valence-corrected chi connectivity index (χ3v) is 5.03. The van der Waals surface area contributed by atoms with Crippen molar-refractivity contribution < 1.29 is 14.2 Å². The lowest BCUT2D eigenvalue weighted by Crippen LogP contribution is -2.41. The summed E-state index contributed by atoms with van der Waals surface area (Å²) in [5, 5.41) is 3.40. The van der Waals surface area contributed by atoms with Gasteiger partial charge in [-0.15, -0.1) is 0 Å². The number of fused-ring (bicyclic) bond motifs is 1. The summed E-state index contributed by atoms with van der Waals surface area (Å²) in [6.07, 6.45) is 2.29. The van der Waals surface area contributed by atoms with Gasteiger partial charge in [-0.25, -0.2) is 4.99 Å². The van der Waals surface area contributed by atoms with Crippen LogP contribution in [0.2, 0.25) is 0 Å². The highest BCUT2D eigenvalue weighted by molar-refractivity contribution is 5.79. The Labute approximate surface area is 162 Å². The van der Waals surface area contributed by atoms with E-state index in [0.717, 1.165) is 62.2 Å². The van der Waals surface area contributed by atoms with Crippen molar-refractivity contribution in [3.8, 4) is 11.5 Å². The summed E-state index contributed by atoms with van der Waals surface area (Å²) in [5.41, 5.74) is 2.29. The molecule has 150 valence electrons. The maximum Gasteiger partial charge on any atom is 0.193 e. The van der Waals surface area contributed by atoms with Crippen LogP contribution in [0.4, 0.5) is 0 Å². The topological polar surface area (TPSA) is 55.3 Å². The van der Waals surface area contributed by atoms with Crippen molar-refractivity contribution in [1.29, 1.82) is 0 Å². The first-order valence-electron chi connectivity index (χ1n) is 10.1. The quantitative estimate of drug-likeness (QED) is 0.587. The molecule has 6 heteroatoms. The molecule has 0 saturated carbocycles. The van der Waals surface area contributed by atoms with Gasteiger partial charge in [-0.05, 0) is 39.3 Å². The highest BCUT2D eigenvalue weighted by atomic mass is 16.5. The van der Waals surface area contributed by atoms with Crippen LogP contribution in [0.15, 0.2) is 17.1 Å². The molecule has 1 fully saturated rings. The van der Waals surface area contributed by atoms with E-state index in [2.05, 4.69) is 43.2 Å². The third kappa shape index (κ3) is 5.06. The van der Waals surface area contributed by atoms with Crippen molar-refractivity contribution in [2.45, 2.75) is 46.3 Å². The SMILES string of the molecule is CCNC(=NCc1cc2c(cc1OCC)CC(C)O2)N(C)CC1CCOC1. The number of aliphatic imine (C=N–C) groups is 1. The Morgan fingerprint density at radius 3 is 2.93 bits per heavy atom. The Morgan fingerprint density at radius 2 is 2.22 bits per heavy atom. The number of hydrogen-bond acceptors (Lipinski definition) is 4. The molecule has 1 aromatic carbocycles. The zero-order chi connectivity index (χ0) is 19.2. The van der Waals surface area contributed by atoms with E-state index in [1.807, 2.05) is 6.92 Å². The van der Waals surface area contributed by atoms with Gasteiger partial charge in [0.15, 0.2) is 5.96 Å². The highest BCUT2D eigenvalue weighted by Crippen LogP contribution is 2.35. The third-order valence-electron chi connectivity index (χ3n) is 5.03. The van der Waals surface area contributed by atoms with E-state index in [9.17, 15) is 0 Å². The zero-order valence-corrected chi connectivity index (χ0v) is 17.1. The summed E-state index contributed by atoms with van der Waals surface area (Å²) < 4.78 is 17.3. The second-order valence-electron chi connectivity index (χ2n) is 7.41. The number of guanidine groups is 1. The molecule has 1 aromatic rings. The van der Waals surface area contributed by atoms with Crippen LogP contribution in [0.1, 0.15) is 38.3 Å². The second-order valence-corrected chi connectivity index (χ2v) is 7.41. The molecule has 27 heavy (non-hydrogen) atoms. The molecule has 2 unspecified atom stereocenters. The Hall–Kier alpha value is -1.95. The Morgan fingerprint density at radius 1 is 1.37 bits per heavy atom. The smallest absolute Gasteiger partial charge is 0.193 e. The largest absolute Gasteiger partial charge is 0.494 e. The Kier molecular flexibility index (Phi) is 6.83. The van der Waals surface area contributed by atoms with Gasteiger partial charge >= 0.3 is 0 Å². The normalized spacial score (nSPS) is 21.7. The minimum absolute atomic E-state index is 0.227. The minimum atomic E-state index is 0.227. The standard InChI is InChI=1S/C21H33N3O3/c1-5-22-21(24(4)13-16-7-8-25-14-16)23-12-18-11-20-17(9-15(3)27-20)10-19(18)26-6-2/h10-11,15-16H,5-9,12-14H2,1-4H3,(H,22,23). The van der Waals surface area contributed by atoms with Gasteiger partial charge in [-0.1, -0.05) is 0 Å². The van der Waals surface area contributed by atoms with Gasteiger partial charge in [0.2, 0.25) is 0 Å². The molecule has 2 aliphatic heterocycles. The van der Waals surface area contributed by atoms with Gasteiger partial charge in [-0.2, -0.15) is 0 Å². The molecule has 0 aliphatic carbocycles. The van der Waals surface area contributed by atoms with Gasteiger partial charge in [-0.3, -0.25) is 0 Å². The van der Waals surface area contributed by atoms with Crippen molar-refractivity contribution in [2.24, 2.45) is 10.9 Å². The first-order valence-corrected chi connectivity index (χ1v) is 10.1. The van der Waals surface area contributed by atoms with Crippen molar-refractivity contribution in [2.75, 3.05) is 40.0 Å². The van der Waals surface area contributed by atoms with Gasteiger partial charge in [0.25, 0.3) is 0 Å². The Balaban J connectivity index is 1.75. The molecule has 2 atom stereocenters. The van der Waals surface area contributed by atoms with E-state index in [1.54, 1.807) is 0 Å². The minimum Gasteiger partial charge on any atom is -0.494 e. The number of nitrogens with zero attached hydrogens (tertiary/aromatic N) is 2. The van der Waals surface area contributed by atoms with E-state index in [1.165, 1.54) is 5.56 Å². The summed E-state index contributed by atoms with van der Waals surface area (Å²) >= 11 is 0. The molecule has 2 aliphatic rings. The number of hydrogen-bond donors (Lipinski definition) is 1. The maximum atomic E-state index is 5.93. The predicted octanol–water partition coefficient (Wildman–Crippen LogP) is 2.84. The molecule has 1 N–H and O–H groups in total. The van der Waals surface area contributed by atoms with Crippen molar-refractivity contribution in [1.82, 2.24) is 10.2 Å². The summed E-state index contributed by atoms with van der Waals surface area (Å²) in [7, 11) is 2.09. The second kappa shape index (κ2) is 9.31. The molecule has 2 heterocycles. The van der Waals surface area contributed by atoms with E-state index < -0.39 is 0 Å². The lowest BCUT2D eigenvalue weighted by atomic mass is 10.1. The van der Waals surface area contributed by atoms with Crippen LogP contribution >= 0.6 is 0 Å². The molecule has 0 bridgehead atoms. The predicted molar refractivity (Wildman–Crippen MR) is 108 cm³/mol. The van der Waals surface area contributed by atoms with Crippen LogP contribution in [-0.4, -0.2) is 56.9 Å². The Bertz CT molecular complexity index is 656. The van der Waals surface area contributed by atoms with Crippen LogP contribution in [0.25, 0.3) is 0 Å². The van der Waals surface area contributed by atoms with Gasteiger partial charge in [0.1, 0.15) is 17.6 Å². The fourth-order valence-corrected chi connectivity index (χ4v) is 3.73. The number of ether oxygens (including phenoxy) is 3. The van der Waals surface area contributed by atoms with Crippen LogP contribution in [0, 0.1) is 5.92 Å². The lowest BCUT2D eigenvalue weighted by Gasteiger charge is -2.24. The summed E-state index contributed by atoms with van der Waals surface area (Å²) in [6, 6.07) is 4.22. The number of rotatable bonds is 7. The first kappa shape index (κ1) is 19.8. The van der Waals surface area contributed by atoms with Crippen molar-refractivity contribution in [3.63, 3.8) is 0 Å². The van der Waals surface area contributed by atoms with E-state index >= 15 is 0 Å². The molecular weight excluding hydrogens is 342 g/mol. The average molecular weight is 376 g/mol. The van der Waals surface area contributed by atoms with Crippen LogP contribution in [0.3, 0.4) is 0 Å². The number of benzene rings is 1. The summed E-state index contributed by atoms with van der Waals surface area (Å²) in [4.78, 5) is 7.07. The fourth-order valence-electron chi connectivity index (χ4n) is 3.73. The highest BCUT2D eigenvalue weighted by Gasteiger charge is 2.22. The maximum absolute atomic E-state index is 5.93. The fraction of sp³-hybridized carbons (Fsp3) is 0.667. The van der Waals surface area contributed by atoms with Gasteiger partial charge < -0.3 is 24.4 Å². The average Bonchev–Trinajstić information content (AvgIpc) is 3.26. The zero-order valence-electron chi connectivity index (χ0n) is 17.1. The van der Waals surface area contributed by atoms with Gasteiger partial charge in [0.05, 0.1) is 19.8 Å². The van der Waals surface area contributed by atoms with Crippen LogP contribution < -0.4 is 14.8 Å².